The van der Waals surface area contributed by atoms with Crippen LogP contribution in [0.1, 0.15) is 24.2 Å². The molecule has 1 unspecified atom stereocenters. The van der Waals surface area contributed by atoms with Crippen molar-refractivity contribution in [3.05, 3.63) is 22.8 Å². The van der Waals surface area contributed by atoms with Crippen LogP contribution < -0.4 is 10.6 Å². The van der Waals surface area contributed by atoms with Gasteiger partial charge < -0.3 is 15.5 Å². The van der Waals surface area contributed by atoms with Gasteiger partial charge in [-0.1, -0.05) is 11.6 Å². The first-order chi connectivity index (χ1) is 8.93. The van der Waals surface area contributed by atoms with Crippen molar-refractivity contribution in [2.45, 2.75) is 19.9 Å². The van der Waals surface area contributed by atoms with Crippen LogP contribution in [-0.4, -0.2) is 49.0 Å². The second kappa shape index (κ2) is 7.31. The van der Waals surface area contributed by atoms with Gasteiger partial charge in [0.2, 0.25) is 0 Å². The average Bonchev–Trinajstić information content (AvgIpc) is 2.30. The number of nitrogens with zero attached hydrogens (tertiary/aromatic N) is 2. The number of carbonyl (C=O) groups excluding carboxylic acids is 1. The summed E-state index contributed by atoms with van der Waals surface area (Å²) in [5, 5.41) is 6.33. The molecule has 0 saturated heterocycles. The summed E-state index contributed by atoms with van der Waals surface area (Å²) in [6.07, 6.45) is 1.49. The second-order valence-corrected chi connectivity index (χ2v) is 5.12. The summed E-state index contributed by atoms with van der Waals surface area (Å²) in [7, 11) is 3.93. The van der Waals surface area contributed by atoms with Crippen molar-refractivity contribution in [3.8, 4) is 0 Å². The molecule has 1 atom stereocenters. The van der Waals surface area contributed by atoms with Gasteiger partial charge in [-0.3, -0.25) is 4.79 Å². The fourth-order valence-electron chi connectivity index (χ4n) is 1.79. The van der Waals surface area contributed by atoms with Gasteiger partial charge in [-0.05, 0) is 34.0 Å². The van der Waals surface area contributed by atoms with Gasteiger partial charge in [-0.25, -0.2) is 4.98 Å². The molecule has 0 aliphatic heterocycles. The molecule has 0 radical (unpaired) electrons. The fourth-order valence-corrected chi connectivity index (χ4v) is 1.97. The Hall–Kier alpha value is -1.33. The number of amides is 1. The highest BCUT2D eigenvalue weighted by molar-refractivity contribution is 6.33. The minimum absolute atomic E-state index is 0.0503. The third kappa shape index (κ3) is 5.04. The van der Waals surface area contributed by atoms with Crippen molar-refractivity contribution in [1.82, 2.24) is 15.2 Å². The molecule has 0 aliphatic rings. The first kappa shape index (κ1) is 15.7. The Balaban J connectivity index is 2.78. The predicted molar refractivity (Wildman–Crippen MR) is 78.9 cm³/mol. The lowest BCUT2D eigenvalue weighted by Crippen LogP contribution is -2.39. The third-order valence-electron chi connectivity index (χ3n) is 2.47. The number of aromatic nitrogens is 1. The highest BCUT2D eigenvalue weighted by atomic mass is 35.5. The summed E-state index contributed by atoms with van der Waals surface area (Å²) in [5.41, 5.74) is 0.443. The highest BCUT2D eigenvalue weighted by Gasteiger charge is 2.14. The average molecular weight is 285 g/mol. The molecular formula is C13H21ClN4O. The highest BCUT2D eigenvalue weighted by Crippen LogP contribution is 2.18. The van der Waals surface area contributed by atoms with E-state index in [0.29, 0.717) is 16.4 Å². The van der Waals surface area contributed by atoms with Gasteiger partial charge in [-0.15, -0.1) is 0 Å². The quantitative estimate of drug-likeness (QED) is 0.837. The molecule has 0 aromatic carbocycles. The van der Waals surface area contributed by atoms with E-state index in [9.17, 15) is 4.79 Å². The molecular weight excluding hydrogens is 264 g/mol. The largest absolute Gasteiger partial charge is 0.370 e. The number of likely N-dealkylation sites (N-methyl/N-ethyl adjacent to an activating group) is 1. The fraction of sp³-hybridized carbons (Fsp3) is 0.538. The van der Waals surface area contributed by atoms with Gasteiger partial charge in [0, 0.05) is 25.3 Å². The topological polar surface area (TPSA) is 57.3 Å². The third-order valence-corrected chi connectivity index (χ3v) is 2.78. The molecule has 6 heteroatoms. The van der Waals surface area contributed by atoms with E-state index >= 15 is 0 Å². The molecule has 1 heterocycles. The van der Waals surface area contributed by atoms with Crippen molar-refractivity contribution < 1.29 is 4.79 Å². The van der Waals surface area contributed by atoms with Crippen LogP contribution in [0.5, 0.6) is 0 Å². The molecule has 1 amide bonds. The minimum Gasteiger partial charge on any atom is -0.370 e. The zero-order chi connectivity index (χ0) is 14.4. The van der Waals surface area contributed by atoms with Crippen LogP contribution in [0, 0.1) is 0 Å². The first-order valence-electron chi connectivity index (χ1n) is 6.29. The molecule has 5 nitrogen and oxygen atoms in total. The number of hydrogen-bond acceptors (Lipinski definition) is 4. The minimum atomic E-state index is -0.180. The van der Waals surface area contributed by atoms with Crippen molar-refractivity contribution >= 4 is 23.3 Å². The van der Waals surface area contributed by atoms with E-state index in [2.05, 4.69) is 15.6 Å². The van der Waals surface area contributed by atoms with Gasteiger partial charge in [0.1, 0.15) is 5.82 Å². The molecule has 0 fully saturated rings. The number of rotatable bonds is 6. The maximum absolute atomic E-state index is 12.1. The number of anilines is 1. The molecule has 0 bridgehead atoms. The summed E-state index contributed by atoms with van der Waals surface area (Å²) in [6.45, 7) is 5.44. The van der Waals surface area contributed by atoms with Crippen LogP contribution in [0.4, 0.5) is 5.82 Å². The van der Waals surface area contributed by atoms with Gasteiger partial charge in [-0.2, -0.15) is 0 Å². The standard InChI is InChI=1S/C13H21ClN4O/c1-5-15-12-6-10(11(14)7-16-12)13(19)17-9(2)8-18(3)4/h6-7,9H,5,8H2,1-4H3,(H,15,16)(H,17,19). The van der Waals surface area contributed by atoms with E-state index in [0.717, 1.165) is 13.1 Å². The molecule has 2 N–H and O–H groups in total. The molecule has 19 heavy (non-hydrogen) atoms. The number of halogens is 1. The lowest BCUT2D eigenvalue weighted by Gasteiger charge is -2.18. The van der Waals surface area contributed by atoms with Crippen LogP contribution in [0.2, 0.25) is 5.02 Å². The zero-order valence-corrected chi connectivity index (χ0v) is 12.6. The van der Waals surface area contributed by atoms with E-state index in [1.165, 1.54) is 6.20 Å². The van der Waals surface area contributed by atoms with Crippen molar-refractivity contribution in [2.75, 3.05) is 32.5 Å². The number of carbonyl (C=O) groups is 1. The number of pyridine rings is 1. The molecule has 1 rings (SSSR count). The normalized spacial score (nSPS) is 12.3. The smallest absolute Gasteiger partial charge is 0.253 e. The summed E-state index contributed by atoms with van der Waals surface area (Å²) < 4.78 is 0. The number of hydrogen-bond donors (Lipinski definition) is 2. The van der Waals surface area contributed by atoms with Crippen LogP contribution in [-0.2, 0) is 0 Å². The predicted octanol–water partition coefficient (Wildman–Crippen LogP) is 1.85. The van der Waals surface area contributed by atoms with E-state index in [1.807, 2.05) is 32.8 Å². The number of nitrogens with one attached hydrogen (secondary N) is 2. The summed E-state index contributed by atoms with van der Waals surface area (Å²) in [6, 6.07) is 1.72. The molecule has 1 aromatic rings. The summed E-state index contributed by atoms with van der Waals surface area (Å²) in [4.78, 5) is 18.3. The van der Waals surface area contributed by atoms with Crippen LogP contribution in [0.3, 0.4) is 0 Å². The van der Waals surface area contributed by atoms with Crippen LogP contribution >= 0.6 is 11.6 Å². The molecule has 0 saturated carbocycles. The van der Waals surface area contributed by atoms with Gasteiger partial charge in [0.15, 0.2) is 0 Å². The zero-order valence-electron chi connectivity index (χ0n) is 11.8. The Morgan fingerprint density at radius 2 is 2.21 bits per heavy atom. The van der Waals surface area contributed by atoms with Crippen molar-refractivity contribution in [3.63, 3.8) is 0 Å². The van der Waals surface area contributed by atoms with Gasteiger partial charge in [0.25, 0.3) is 5.91 Å². The SMILES string of the molecule is CCNc1cc(C(=O)NC(C)CN(C)C)c(Cl)cn1. The van der Waals surface area contributed by atoms with Crippen LogP contribution in [0.25, 0.3) is 0 Å². The Morgan fingerprint density at radius 3 is 2.79 bits per heavy atom. The van der Waals surface area contributed by atoms with Gasteiger partial charge >= 0.3 is 0 Å². The van der Waals surface area contributed by atoms with Crippen molar-refractivity contribution in [2.24, 2.45) is 0 Å². The Morgan fingerprint density at radius 1 is 1.53 bits per heavy atom. The maximum Gasteiger partial charge on any atom is 0.253 e. The first-order valence-corrected chi connectivity index (χ1v) is 6.66. The van der Waals surface area contributed by atoms with E-state index < -0.39 is 0 Å². The van der Waals surface area contributed by atoms with E-state index in [4.69, 9.17) is 11.6 Å². The van der Waals surface area contributed by atoms with Gasteiger partial charge in [0.05, 0.1) is 10.6 Å². The molecule has 0 spiro atoms. The summed E-state index contributed by atoms with van der Waals surface area (Å²) >= 11 is 6.02. The lowest BCUT2D eigenvalue weighted by atomic mass is 10.2. The Labute approximate surface area is 119 Å². The molecule has 1 aromatic heterocycles. The molecule has 0 aliphatic carbocycles. The van der Waals surface area contributed by atoms with Crippen molar-refractivity contribution in [1.29, 1.82) is 0 Å². The lowest BCUT2D eigenvalue weighted by molar-refractivity contribution is 0.0934. The van der Waals surface area contributed by atoms with E-state index in [-0.39, 0.29) is 11.9 Å². The molecule has 106 valence electrons. The van der Waals surface area contributed by atoms with Crippen LogP contribution in [0.15, 0.2) is 12.3 Å². The second-order valence-electron chi connectivity index (χ2n) is 4.72. The Kier molecular flexibility index (Phi) is 6.05. The maximum atomic E-state index is 12.1. The summed E-state index contributed by atoms with van der Waals surface area (Å²) in [5.74, 6) is 0.471. The Bertz CT molecular complexity index is 437. The van der Waals surface area contributed by atoms with E-state index in [1.54, 1.807) is 6.07 Å². The monoisotopic (exact) mass is 284 g/mol.